The van der Waals surface area contributed by atoms with Gasteiger partial charge in [0.2, 0.25) is 0 Å². The van der Waals surface area contributed by atoms with Gasteiger partial charge in [0.15, 0.2) is 0 Å². The largest absolute Gasteiger partial charge is 0.297 e. The first-order valence-corrected chi connectivity index (χ1v) is 7.08. The summed E-state index contributed by atoms with van der Waals surface area (Å²) in [6.45, 7) is 4.38. The molecule has 1 nitrogen and oxygen atoms in total. The van der Waals surface area contributed by atoms with Crippen molar-refractivity contribution in [2.45, 2.75) is 58.0 Å². The third kappa shape index (κ3) is 2.94. The van der Waals surface area contributed by atoms with Crippen LogP contribution in [0.25, 0.3) is 0 Å². The van der Waals surface area contributed by atoms with Crippen LogP contribution in [0.1, 0.15) is 55.8 Å². The van der Waals surface area contributed by atoms with Gasteiger partial charge >= 0.3 is 0 Å². The molecule has 0 saturated carbocycles. The van der Waals surface area contributed by atoms with E-state index < -0.39 is 0 Å². The van der Waals surface area contributed by atoms with Gasteiger partial charge < -0.3 is 0 Å². The molecular formula is C17H23N. The number of benzene rings is 1. The lowest BCUT2D eigenvalue weighted by molar-refractivity contribution is 0.495. The van der Waals surface area contributed by atoms with Gasteiger partial charge in [0.1, 0.15) is 0 Å². The maximum Gasteiger partial charge on any atom is 0.0691 e. The van der Waals surface area contributed by atoms with Gasteiger partial charge in [0.25, 0.3) is 0 Å². The highest BCUT2D eigenvalue weighted by molar-refractivity contribution is 5.36. The van der Waals surface area contributed by atoms with Gasteiger partial charge in [-0.25, -0.2) is 0 Å². The van der Waals surface area contributed by atoms with Crippen LogP contribution in [0.4, 0.5) is 0 Å². The van der Waals surface area contributed by atoms with Gasteiger partial charge in [0, 0.05) is 6.04 Å². The van der Waals surface area contributed by atoms with Crippen LogP contribution in [0.3, 0.4) is 0 Å². The van der Waals surface area contributed by atoms with Crippen LogP contribution < -0.4 is 5.32 Å². The second-order valence-electron chi connectivity index (χ2n) is 5.28. The van der Waals surface area contributed by atoms with Crippen molar-refractivity contribution in [3.8, 4) is 12.3 Å². The van der Waals surface area contributed by atoms with Crippen molar-refractivity contribution in [3.05, 3.63) is 34.9 Å². The Balaban J connectivity index is 2.05. The van der Waals surface area contributed by atoms with E-state index in [1.54, 1.807) is 0 Å². The van der Waals surface area contributed by atoms with E-state index in [0.717, 1.165) is 12.8 Å². The van der Waals surface area contributed by atoms with Crippen LogP contribution in [0, 0.1) is 12.3 Å². The van der Waals surface area contributed by atoms with E-state index in [1.165, 1.54) is 36.0 Å². The number of hydrogen-bond donors (Lipinski definition) is 1. The first kappa shape index (κ1) is 13.2. The summed E-state index contributed by atoms with van der Waals surface area (Å²) in [5.74, 6) is 2.84. The molecule has 1 heteroatoms. The molecule has 0 saturated heterocycles. The smallest absolute Gasteiger partial charge is 0.0691 e. The zero-order chi connectivity index (χ0) is 13.0. The molecule has 0 aliphatic heterocycles. The zero-order valence-corrected chi connectivity index (χ0v) is 11.5. The third-order valence-electron chi connectivity index (χ3n) is 3.85. The maximum absolute atomic E-state index is 5.56. The minimum absolute atomic E-state index is 0.193. The maximum atomic E-state index is 5.56. The molecule has 1 aromatic rings. The molecule has 0 fully saturated rings. The van der Waals surface area contributed by atoms with Crippen molar-refractivity contribution >= 4 is 0 Å². The Morgan fingerprint density at radius 3 is 2.83 bits per heavy atom. The number of fused-ring (bicyclic) bond motifs is 1. The summed E-state index contributed by atoms with van der Waals surface area (Å²) in [7, 11) is 0. The number of rotatable bonds is 5. The van der Waals surface area contributed by atoms with Gasteiger partial charge in [-0.3, -0.25) is 5.32 Å². The molecule has 0 amide bonds. The zero-order valence-electron chi connectivity index (χ0n) is 11.5. The highest BCUT2D eigenvalue weighted by Crippen LogP contribution is 2.25. The van der Waals surface area contributed by atoms with E-state index in [1.807, 2.05) is 0 Å². The Morgan fingerprint density at radius 1 is 1.33 bits per heavy atom. The first-order chi connectivity index (χ1) is 8.74. The molecule has 0 bridgehead atoms. The van der Waals surface area contributed by atoms with Crippen LogP contribution in [0.2, 0.25) is 0 Å². The average molecular weight is 241 g/mol. The molecule has 96 valence electrons. The normalized spacial score (nSPS) is 16.9. The van der Waals surface area contributed by atoms with Crippen molar-refractivity contribution in [2.24, 2.45) is 0 Å². The van der Waals surface area contributed by atoms with Crippen LogP contribution in [-0.2, 0) is 12.8 Å². The molecule has 2 atom stereocenters. The predicted octanol–water partition coefficient (Wildman–Crippen LogP) is 3.63. The second-order valence-corrected chi connectivity index (χ2v) is 5.28. The average Bonchev–Trinajstić information content (AvgIpc) is 2.85. The Bertz CT molecular complexity index is 441. The molecule has 2 rings (SSSR count). The van der Waals surface area contributed by atoms with Gasteiger partial charge in [-0.2, -0.15) is 0 Å². The van der Waals surface area contributed by atoms with Crippen LogP contribution >= 0.6 is 0 Å². The predicted molar refractivity (Wildman–Crippen MR) is 77.5 cm³/mol. The number of aryl methyl sites for hydroxylation is 2. The quantitative estimate of drug-likeness (QED) is 0.776. The highest BCUT2D eigenvalue weighted by Gasteiger charge is 2.15. The van der Waals surface area contributed by atoms with Crippen LogP contribution in [-0.4, -0.2) is 6.04 Å². The Morgan fingerprint density at radius 2 is 2.11 bits per heavy atom. The van der Waals surface area contributed by atoms with E-state index in [2.05, 4.69) is 43.3 Å². The minimum atomic E-state index is 0.193. The molecule has 1 aliphatic rings. The molecule has 0 aromatic heterocycles. The molecule has 0 radical (unpaired) electrons. The summed E-state index contributed by atoms with van der Waals surface area (Å²) in [5.41, 5.74) is 4.44. The Labute approximate surface area is 111 Å². The van der Waals surface area contributed by atoms with E-state index >= 15 is 0 Å². The van der Waals surface area contributed by atoms with E-state index in [0.29, 0.717) is 6.04 Å². The minimum Gasteiger partial charge on any atom is -0.297 e. The fourth-order valence-electron chi connectivity index (χ4n) is 2.76. The number of hydrogen-bond acceptors (Lipinski definition) is 1. The fourth-order valence-corrected chi connectivity index (χ4v) is 2.76. The topological polar surface area (TPSA) is 12.0 Å². The summed E-state index contributed by atoms with van der Waals surface area (Å²) in [6, 6.07) is 7.43. The molecular weight excluding hydrogens is 218 g/mol. The van der Waals surface area contributed by atoms with Crippen molar-refractivity contribution in [2.75, 3.05) is 0 Å². The molecule has 0 spiro atoms. The molecule has 2 unspecified atom stereocenters. The molecule has 1 N–H and O–H groups in total. The molecule has 18 heavy (non-hydrogen) atoms. The third-order valence-corrected chi connectivity index (χ3v) is 3.85. The van der Waals surface area contributed by atoms with Crippen molar-refractivity contribution in [1.29, 1.82) is 0 Å². The van der Waals surface area contributed by atoms with Crippen LogP contribution in [0.5, 0.6) is 0 Å². The molecule has 0 heterocycles. The van der Waals surface area contributed by atoms with Crippen molar-refractivity contribution in [1.82, 2.24) is 5.32 Å². The van der Waals surface area contributed by atoms with E-state index in [9.17, 15) is 0 Å². The Kier molecular flexibility index (Phi) is 4.44. The van der Waals surface area contributed by atoms with Gasteiger partial charge in [-0.1, -0.05) is 37.5 Å². The van der Waals surface area contributed by atoms with Crippen molar-refractivity contribution in [3.63, 3.8) is 0 Å². The standard InChI is InChI=1S/C17H23N/c1-4-7-17(5-2)18-13(3)15-11-10-14-8-6-9-16(14)12-15/h2,10-13,17-18H,4,6-9H2,1,3H3. The van der Waals surface area contributed by atoms with Gasteiger partial charge in [-0.05, 0) is 49.3 Å². The second kappa shape index (κ2) is 6.07. The highest BCUT2D eigenvalue weighted by atomic mass is 14.9. The monoisotopic (exact) mass is 241 g/mol. The lowest BCUT2D eigenvalue weighted by atomic mass is 10.0. The summed E-state index contributed by atoms with van der Waals surface area (Å²) >= 11 is 0. The van der Waals surface area contributed by atoms with Crippen molar-refractivity contribution < 1.29 is 0 Å². The summed E-state index contributed by atoms with van der Waals surface area (Å²) in [6.07, 6.45) is 11.5. The lowest BCUT2D eigenvalue weighted by Gasteiger charge is -2.20. The van der Waals surface area contributed by atoms with Gasteiger partial charge in [0.05, 0.1) is 6.04 Å². The SMILES string of the molecule is C#CC(CCC)NC(C)c1ccc2c(c1)CCC2. The number of nitrogens with one attached hydrogen (secondary N) is 1. The Hall–Kier alpha value is -1.26. The first-order valence-electron chi connectivity index (χ1n) is 7.08. The van der Waals surface area contributed by atoms with Crippen LogP contribution in [0.15, 0.2) is 18.2 Å². The number of terminal acetylenes is 1. The molecule has 1 aliphatic carbocycles. The fraction of sp³-hybridized carbons (Fsp3) is 0.529. The van der Waals surface area contributed by atoms with Gasteiger partial charge in [-0.15, -0.1) is 6.42 Å². The van der Waals surface area contributed by atoms with E-state index in [-0.39, 0.29) is 6.04 Å². The van der Waals surface area contributed by atoms with E-state index in [4.69, 9.17) is 6.42 Å². The summed E-state index contributed by atoms with van der Waals surface area (Å²) < 4.78 is 0. The molecule has 1 aromatic carbocycles. The summed E-state index contributed by atoms with van der Waals surface area (Å²) in [5, 5.41) is 3.54. The lowest BCUT2D eigenvalue weighted by Crippen LogP contribution is -2.30. The summed E-state index contributed by atoms with van der Waals surface area (Å²) in [4.78, 5) is 0.